The van der Waals surface area contributed by atoms with E-state index in [1.165, 1.54) is 0 Å². The predicted octanol–water partition coefficient (Wildman–Crippen LogP) is 4.32. The first-order chi connectivity index (χ1) is 11.7. The molecule has 0 bridgehead atoms. The zero-order valence-corrected chi connectivity index (χ0v) is 13.6. The number of anilines is 1. The molecule has 1 aliphatic heterocycles. The van der Waals surface area contributed by atoms with Gasteiger partial charge in [0.15, 0.2) is 0 Å². The lowest BCUT2D eigenvalue weighted by atomic mass is 10.2. The lowest BCUT2D eigenvalue weighted by molar-refractivity contribution is 0.102. The number of carbonyl (C=O) groups is 1. The number of aromatic nitrogens is 2. The quantitative estimate of drug-likeness (QED) is 0.745. The van der Waals surface area contributed by atoms with E-state index in [-0.39, 0.29) is 12.0 Å². The fourth-order valence-corrected chi connectivity index (χ4v) is 3.08. The van der Waals surface area contributed by atoms with Crippen molar-refractivity contribution in [3.8, 4) is 0 Å². The third kappa shape index (κ3) is 3.00. The smallest absolute Gasteiger partial charge is 0.255 e. The third-order valence-corrected chi connectivity index (χ3v) is 4.31. The van der Waals surface area contributed by atoms with Crippen LogP contribution in [0.25, 0.3) is 11.0 Å². The number of carbonyl (C=O) groups excluding carboxylic acids is 1. The van der Waals surface area contributed by atoms with Crippen LogP contribution in [0.2, 0.25) is 5.02 Å². The molecular formula is C18H16ClN3O2. The van der Waals surface area contributed by atoms with Crippen molar-refractivity contribution in [3.05, 3.63) is 58.9 Å². The number of imidazole rings is 1. The van der Waals surface area contributed by atoms with Crippen LogP contribution in [0, 0.1) is 0 Å². The van der Waals surface area contributed by atoms with Gasteiger partial charge < -0.3 is 15.0 Å². The van der Waals surface area contributed by atoms with Crippen molar-refractivity contribution < 1.29 is 9.53 Å². The molecule has 122 valence electrons. The molecule has 1 aromatic heterocycles. The summed E-state index contributed by atoms with van der Waals surface area (Å²) < 4.78 is 5.66. The molecule has 5 nitrogen and oxygen atoms in total. The van der Waals surface area contributed by atoms with E-state index in [1.807, 2.05) is 18.2 Å². The summed E-state index contributed by atoms with van der Waals surface area (Å²) in [5, 5.41) is 3.41. The van der Waals surface area contributed by atoms with E-state index in [4.69, 9.17) is 16.3 Å². The third-order valence-electron chi connectivity index (χ3n) is 4.08. The molecule has 1 unspecified atom stereocenters. The standard InChI is InChI=1S/C18H16ClN3O2/c19-12-4-1-3-11(9-12)18(23)20-13-6-7-14-15(10-13)22-17(21-14)16-5-2-8-24-16/h1,3-4,6-7,9-10,16H,2,5,8H2,(H,20,23)(H,21,22). The number of nitrogens with one attached hydrogen (secondary N) is 2. The number of benzene rings is 2. The van der Waals surface area contributed by atoms with Crippen LogP contribution in [0.15, 0.2) is 42.5 Å². The maximum Gasteiger partial charge on any atom is 0.255 e. The van der Waals surface area contributed by atoms with Gasteiger partial charge in [-0.15, -0.1) is 0 Å². The Hall–Kier alpha value is -2.37. The predicted molar refractivity (Wildman–Crippen MR) is 93.4 cm³/mol. The molecule has 1 fully saturated rings. The highest BCUT2D eigenvalue weighted by atomic mass is 35.5. The van der Waals surface area contributed by atoms with Gasteiger partial charge >= 0.3 is 0 Å². The van der Waals surface area contributed by atoms with E-state index in [0.29, 0.717) is 16.3 Å². The number of halogens is 1. The summed E-state index contributed by atoms with van der Waals surface area (Å²) in [4.78, 5) is 20.2. The van der Waals surface area contributed by atoms with Gasteiger partial charge in [0.05, 0.1) is 11.0 Å². The van der Waals surface area contributed by atoms with Gasteiger partial charge in [-0.1, -0.05) is 17.7 Å². The van der Waals surface area contributed by atoms with Crippen molar-refractivity contribution in [1.29, 1.82) is 0 Å². The first-order valence-electron chi connectivity index (χ1n) is 7.87. The Bertz CT molecular complexity index is 900. The lowest BCUT2D eigenvalue weighted by Crippen LogP contribution is -2.11. The molecule has 2 N–H and O–H groups in total. The second-order valence-corrected chi connectivity index (χ2v) is 6.26. The van der Waals surface area contributed by atoms with Crippen molar-refractivity contribution in [1.82, 2.24) is 9.97 Å². The molecule has 1 atom stereocenters. The molecule has 3 aromatic rings. The molecule has 2 aromatic carbocycles. The molecule has 24 heavy (non-hydrogen) atoms. The Balaban J connectivity index is 1.57. The summed E-state index contributed by atoms with van der Waals surface area (Å²) >= 11 is 5.93. The zero-order valence-electron chi connectivity index (χ0n) is 12.9. The monoisotopic (exact) mass is 341 g/mol. The zero-order chi connectivity index (χ0) is 16.5. The molecule has 2 heterocycles. The fourth-order valence-electron chi connectivity index (χ4n) is 2.89. The second-order valence-electron chi connectivity index (χ2n) is 5.82. The number of aromatic amines is 1. The Labute approximate surface area is 144 Å². The van der Waals surface area contributed by atoms with Gasteiger partial charge in [-0.05, 0) is 49.2 Å². The topological polar surface area (TPSA) is 67.0 Å². The van der Waals surface area contributed by atoms with E-state index in [2.05, 4.69) is 15.3 Å². The molecule has 1 amide bonds. The summed E-state index contributed by atoms with van der Waals surface area (Å²) in [5.74, 6) is 0.650. The molecule has 4 rings (SSSR count). The van der Waals surface area contributed by atoms with Crippen LogP contribution in [-0.4, -0.2) is 22.5 Å². The van der Waals surface area contributed by atoms with Crippen LogP contribution in [0.4, 0.5) is 5.69 Å². The van der Waals surface area contributed by atoms with Crippen LogP contribution < -0.4 is 5.32 Å². The Morgan fingerprint density at radius 3 is 3.00 bits per heavy atom. The molecule has 0 saturated carbocycles. The molecule has 0 spiro atoms. The van der Waals surface area contributed by atoms with E-state index >= 15 is 0 Å². The van der Waals surface area contributed by atoms with Gasteiger partial charge in [0.1, 0.15) is 11.9 Å². The number of hydrogen-bond acceptors (Lipinski definition) is 3. The Morgan fingerprint density at radius 2 is 2.21 bits per heavy atom. The molecule has 0 aliphatic carbocycles. The molecule has 0 radical (unpaired) electrons. The summed E-state index contributed by atoms with van der Waals surface area (Å²) in [6.07, 6.45) is 2.09. The number of amides is 1. The van der Waals surface area contributed by atoms with Crippen molar-refractivity contribution >= 4 is 34.2 Å². The van der Waals surface area contributed by atoms with Crippen LogP contribution >= 0.6 is 11.6 Å². The highest BCUT2D eigenvalue weighted by molar-refractivity contribution is 6.31. The van der Waals surface area contributed by atoms with Gasteiger partial charge in [0.2, 0.25) is 0 Å². The first-order valence-corrected chi connectivity index (χ1v) is 8.25. The fraction of sp³-hybridized carbons (Fsp3) is 0.222. The van der Waals surface area contributed by atoms with Crippen molar-refractivity contribution in [3.63, 3.8) is 0 Å². The maximum absolute atomic E-state index is 12.3. The summed E-state index contributed by atoms with van der Waals surface area (Å²) in [6, 6.07) is 12.5. The van der Waals surface area contributed by atoms with Gasteiger partial charge in [0, 0.05) is 22.9 Å². The Morgan fingerprint density at radius 1 is 1.29 bits per heavy atom. The molecule has 1 aliphatic rings. The van der Waals surface area contributed by atoms with Crippen molar-refractivity contribution in [2.24, 2.45) is 0 Å². The van der Waals surface area contributed by atoms with E-state index in [0.717, 1.165) is 36.3 Å². The summed E-state index contributed by atoms with van der Waals surface area (Å²) in [7, 11) is 0. The number of hydrogen-bond donors (Lipinski definition) is 2. The number of nitrogens with zero attached hydrogens (tertiary/aromatic N) is 1. The highest BCUT2D eigenvalue weighted by Gasteiger charge is 2.21. The largest absolute Gasteiger partial charge is 0.370 e. The minimum absolute atomic E-state index is 0.0434. The normalized spacial score (nSPS) is 17.3. The second kappa shape index (κ2) is 6.26. The van der Waals surface area contributed by atoms with Crippen molar-refractivity contribution in [2.75, 3.05) is 11.9 Å². The molecular weight excluding hydrogens is 326 g/mol. The summed E-state index contributed by atoms with van der Waals surface area (Å²) in [5.41, 5.74) is 2.97. The van der Waals surface area contributed by atoms with Crippen molar-refractivity contribution in [2.45, 2.75) is 18.9 Å². The van der Waals surface area contributed by atoms with E-state index in [1.54, 1.807) is 24.3 Å². The van der Waals surface area contributed by atoms with Gasteiger partial charge in [-0.25, -0.2) is 4.98 Å². The van der Waals surface area contributed by atoms with E-state index < -0.39 is 0 Å². The Kier molecular flexibility index (Phi) is 3.96. The average molecular weight is 342 g/mol. The first kappa shape index (κ1) is 15.2. The average Bonchev–Trinajstić information content (AvgIpc) is 3.23. The van der Waals surface area contributed by atoms with E-state index in [9.17, 15) is 4.79 Å². The SMILES string of the molecule is O=C(Nc1ccc2nc(C3CCCO3)[nH]c2c1)c1cccc(Cl)c1. The van der Waals surface area contributed by atoms with Gasteiger partial charge in [-0.2, -0.15) is 0 Å². The summed E-state index contributed by atoms with van der Waals surface area (Å²) in [6.45, 7) is 0.780. The van der Waals surface area contributed by atoms with Crippen LogP contribution in [-0.2, 0) is 4.74 Å². The number of rotatable bonds is 3. The minimum atomic E-state index is -0.198. The maximum atomic E-state index is 12.3. The molecule has 6 heteroatoms. The number of fused-ring (bicyclic) bond motifs is 1. The van der Waals surface area contributed by atoms with Crippen LogP contribution in [0.3, 0.4) is 0 Å². The highest BCUT2D eigenvalue weighted by Crippen LogP contribution is 2.28. The van der Waals surface area contributed by atoms with Crippen LogP contribution in [0.1, 0.15) is 35.1 Å². The molecule has 1 saturated heterocycles. The van der Waals surface area contributed by atoms with Crippen LogP contribution in [0.5, 0.6) is 0 Å². The lowest BCUT2D eigenvalue weighted by Gasteiger charge is -2.05. The van der Waals surface area contributed by atoms with Gasteiger partial charge in [0.25, 0.3) is 5.91 Å². The van der Waals surface area contributed by atoms with Gasteiger partial charge in [-0.3, -0.25) is 4.79 Å². The number of H-pyrrole nitrogens is 1. The number of ether oxygens (including phenoxy) is 1. The minimum Gasteiger partial charge on any atom is -0.370 e.